The van der Waals surface area contributed by atoms with Crippen molar-refractivity contribution in [2.75, 3.05) is 39.9 Å². The summed E-state index contributed by atoms with van der Waals surface area (Å²) < 4.78 is 5.23. The second kappa shape index (κ2) is 9.92. The molecule has 1 saturated carbocycles. The first-order valence-corrected chi connectivity index (χ1v) is 11.1. The number of carbonyl (C=O) groups is 2. The number of likely N-dealkylation sites (tertiary alicyclic amines) is 2. The third-order valence-corrected chi connectivity index (χ3v) is 7.11. The van der Waals surface area contributed by atoms with Crippen molar-refractivity contribution in [1.29, 1.82) is 0 Å². The van der Waals surface area contributed by atoms with Gasteiger partial charge in [0.2, 0.25) is 5.91 Å². The molecule has 28 heavy (non-hydrogen) atoms. The number of ether oxygens (including phenoxy) is 1. The number of amides is 3. The van der Waals surface area contributed by atoms with E-state index in [1.807, 2.05) is 4.90 Å². The summed E-state index contributed by atoms with van der Waals surface area (Å²) in [4.78, 5) is 29.2. The van der Waals surface area contributed by atoms with Gasteiger partial charge in [0, 0.05) is 45.4 Å². The highest BCUT2D eigenvalue weighted by molar-refractivity contribution is 5.81. The first-order chi connectivity index (χ1) is 13.5. The Labute approximate surface area is 169 Å². The zero-order valence-electron chi connectivity index (χ0n) is 17.5. The van der Waals surface area contributed by atoms with Crippen molar-refractivity contribution in [1.82, 2.24) is 15.1 Å². The molecule has 0 bridgehead atoms. The highest BCUT2D eigenvalue weighted by Gasteiger charge is 2.42. The lowest BCUT2D eigenvalue weighted by Gasteiger charge is -2.46. The van der Waals surface area contributed by atoms with Crippen molar-refractivity contribution in [2.24, 2.45) is 11.1 Å². The van der Waals surface area contributed by atoms with Crippen LogP contribution < -0.4 is 11.1 Å². The Morgan fingerprint density at radius 2 is 1.79 bits per heavy atom. The Bertz CT molecular complexity index is 530. The Kier molecular flexibility index (Phi) is 7.57. The molecule has 1 unspecified atom stereocenters. The molecule has 3 N–H and O–H groups in total. The minimum Gasteiger partial charge on any atom is -0.385 e. The molecule has 160 valence electrons. The molecular formula is C21H38N4O3. The van der Waals surface area contributed by atoms with E-state index in [0.717, 1.165) is 64.7 Å². The zero-order valence-corrected chi connectivity index (χ0v) is 17.5. The minimum absolute atomic E-state index is 0.107. The lowest BCUT2D eigenvalue weighted by Crippen LogP contribution is -2.56. The second-order valence-electron chi connectivity index (χ2n) is 8.96. The first-order valence-electron chi connectivity index (χ1n) is 11.1. The molecule has 0 radical (unpaired) electrons. The fourth-order valence-corrected chi connectivity index (χ4v) is 5.25. The number of piperidine rings is 2. The largest absolute Gasteiger partial charge is 0.385 e. The van der Waals surface area contributed by atoms with Gasteiger partial charge < -0.3 is 20.7 Å². The van der Waals surface area contributed by atoms with Crippen LogP contribution in [0, 0.1) is 5.41 Å². The fraction of sp³-hybridized carbons (Fsp3) is 0.905. The summed E-state index contributed by atoms with van der Waals surface area (Å²) in [5, 5.41) is 3.23. The van der Waals surface area contributed by atoms with Crippen molar-refractivity contribution in [3.63, 3.8) is 0 Å². The van der Waals surface area contributed by atoms with Crippen LogP contribution in [0.4, 0.5) is 4.79 Å². The maximum Gasteiger partial charge on any atom is 0.317 e. The molecule has 0 aromatic heterocycles. The lowest BCUT2D eigenvalue weighted by atomic mass is 9.76. The van der Waals surface area contributed by atoms with Crippen LogP contribution in [-0.2, 0) is 9.53 Å². The smallest absolute Gasteiger partial charge is 0.317 e. The Morgan fingerprint density at radius 3 is 2.43 bits per heavy atom. The van der Waals surface area contributed by atoms with E-state index in [1.165, 1.54) is 19.3 Å². The molecule has 0 aromatic carbocycles. The van der Waals surface area contributed by atoms with Crippen molar-refractivity contribution < 1.29 is 14.3 Å². The van der Waals surface area contributed by atoms with Crippen LogP contribution in [0.5, 0.6) is 0 Å². The van der Waals surface area contributed by atoms with E-state index in [9.17, 15) is 9.59 Å². The van der Waals surface area contributed by atoms with Crippen molar-refractivity contribution >= 4 is 11.9 Å². The number of methoxy groups -OCH3 is 1. The van der Waals surface area contributed by atoms with Gasteiger partial charge in [-0.25, -0.2) is 4.79 Å². The standard InChI is InChI=1S/C21H38N4O3/c1-28-15-11-21(19(22)26)10-5-12-25(16-21)18-8-13-24(14-9-18)20(27)23-17-6-3-2-4-7-17/h17-18H,2-16H2,1H3,(H2,22,26)(H,23,27). The topological polar surface area (TPSA) is 87.9 Å². The van der Waals surface area contributed by atoms with E-state index in [0.29, 0.717) is 25.1 Å². The summed E-state index contributed by atoms with van der Waals surface area (Å²) in [6, 6.07) is 0.897. The molecule has 3 fully saturated rings. The molecule has 3 amide bonds. The SMILES string of the molecule is COCCC1(C(N)=O)CCCN(C2CCN(C(=O)NC3CCCCC3)CC2)C1. The van der Waals surface area contributed by atoms with Gasteiger partial charge in [0.15, 0.2) is 0 Å². The lowest BCUT2D eigenvalue weighted by molar-refractivity contribution is -0.133. The molecule has 2 aliphatic heterocycles. The van der Waals surface area contributed by atoms with E-state index in [1.54, 1.807) is 7.11 Å². The van der Waals surface area contributed by atoms with Crippen LogP contribution >= 0.6 is 0 Å². The van der Waals surface area contributed by atoms with Crippen LogP contribution in [0.3, 0.4) is 0 Å². The number of nitrogens with one attached hydrogen (secondary N) is 1. The molecule has 1 aliphatic carbocycles. The van der Waals surface area contributed by atoms with E-state index < -0.39 is 5.41 Å². The van der Waals surface area contributed by atoms with Gasteiger partial charge in [-0.1, -0.05) is 19.3 Å². The Balaban J connectivity index is 1.49. The van der Waals surface area contributed by atoms with Gasteiger partial charge in [0.25, 0.3) is 0 Å². The van der Waals surface area contributed by atoms with Crippen LogP contribution in [0.15, 0.2) is 0 Å². The number of primary amides is 1. The molecule has 0 aromatic rings. The monoisotopic (exact) mass is 394 g/mol. The molecule has 7 heteroatoms. The molecule has 1 atom stereocenters. The van der Waals surface area contributed by atoms with Crippen LogP contribution in [-0.4, -0.2) is 73.7 Å². The van der Waals surface area contributed by atoms with Crippen LogP contribution in [0.1, 0.15) is 64.2 Å². The average Bonchev–Trinajstić information content (AvgIpc) is 2.73. The quantitative estimate of drug-likeness (QED) is 0.722. The van der Waals surface area contributed by atoms with Gasteiger partial charge in [-0.05, 0) is 51.5 Å². The summed E-state index contributed by atoms with van der Waals surface area (Å²) in [7, 11) is 1.67. The Hall–Kier alpha value is -1.34. The van der Waals surface area contributed by atoms with E-state index in [-0.39, 0.29) is 11.9 Å². The number of hydrogen-bond donors (Lipinski definition) is 2. The van der Waals surface area contributed by atoms with E-state index in [2.05, 4.69) is 10.2 Å². The average molecular weight is 395 g/mol. The van der Waals surface area contributed by atoms with Crippen molar-refractivity contribution in [3.05, 3.63) is 0 Å². The Morgan fingerprint density at radius 1 is 1.07 bits per heavy atom. The van der Waals surface area contributed by atoms with Crippen LogP contribution in [0.25, 0.3) is 0 Å². The van der Waals surface area contributed by atoms with Crippen LogP contribution in [0.2, 0.25) is 0 Å². The maximum atomic E-state index is 12.6. The first kappa shape index (κ1) is 21.4. The predicted octanol–water partition coefficient (Wildman–Crippen LogP) is 2.10. The van der Waals surface area contributed by atoms with Gasteiger partial charge in [-0.3, -0.25) is 9.69 Å². The van der Waals surface area contributed by atoms with E-state index in [4.69, 9.17) is 10.5 Å². The molecule has 3 aliphatic rings. The number of hydrogen-bond acceptors (Lipinski definition) is 4. The molecule has 2 heterocycles. The summed E-state index contributed by atoms with van der Waals surface area (Å²) in [6.07, 6.45) is 10.5. The highest BCUT2D eigenvalue weighted by Crippen LogP contribution is 2.35. The fourth-order valence-electron chi connectivity index (χ4n) is 5.25. The molecule has 0 spiro atoms. The highest BCUT2D eigenvalue weighted by atomic mass is 16.5. The summed E-state index contributed by atoms with van der Waals surface area (Å²) in [5.74, 6) is -0.196. The van der Waals surface area contributed by atoms with Gasteiger partial charge in [0.05, 0.1) is 5.41 Å². The molecule has 7 nitrogen and oxygen atoms in total. The van der Waals surface area contributed by atoms with Gasteiger partial charge in [-0.15, -0.1) is 0 Å². The van der Waals surface area contributed by atoms with Gasteiger partial charge >= 0.3 is 6.03 Å². The zero-order chi connectivity index (χ0) is 20.0. The van der Waals surface area contributed by atoms with Gasteiger partial charge in [-0.2, -0.15) is 0 Å². The van der Waals surface area contributed by atoms with Gasteiger partial charge in [0.1, 0.15) is 0 Å². The second-order valence-corrected chi connectivity index (χ2v) is 8.96. The molecular weight excluding hydrogens is 356 g/mol. The third-order valence-electron chi connectivity index (χ3n) is 7.11. The third kappa shape index (κ3) is 5.17. The summed E-state index contributed by atoms with van der Waals surface area (Å²) in [6.45, 7) is 3.89. The summed E-state index contributed by atoms with van der Waals surface area (Å²) in [5.41, 5.74) is 5.33. The molecule has 3 rings (SSSR count). The molecule has 2 saturated heterocycles. The predicted molar refractivity (Wildman–Crippen MR) is 109 cm³/mol. The normalized spacial score (nSPS) is 28.2. The number of rotatable bonds is 6. The number of nitrogens with two attached hydrogens (primary N) is 1. The van der Waals surface area contributed by atoms with Crippen molar-refractivity contribution in [2.45, 2.75) is 76.3 Å². The number of carbonyl (C=O) groups excluding carboxylic acids is 2. The van der Waals surface area contributed by atoms with Crippen molar-refractivity contribution in [3.8, 4) is 0 Å². The summed E-state index contributed by atoms with van der Waals surface area (Å²) >= 11 is 0. The van der Waals surface area contributed by atoms with E-state index >= 15 is 0 Å². The maximum absolute atomic E-state index is 12.6. The minimum atomic E-state index is -0.469. The number of nitrogens with zero attached hydrogens (tertiary/aromatic N) is 2. The number of urea groups is 1.